The predicted octanol–water partition coefficient (Wildman–Crippen LogP) is 4.14. The van der Waals surface area contributed by atoms with Crippen LogP contribution in [-0.4, -0.2) is 7.05 Å². The molecule has 0 amide bonds. The van der Waals surface area contributed by atoms with Crippen molar-refractivity contribution in [1.29, 1.82) is 0 Å². The Labute approximate surface area is 114 Å². The Morgan fingerprint density at radius 2 is 1.63 bits per heavy atom. The standard InChI is InChI=1S/C14H11ClF3N/c1-19-7-8-2-3-9(12(16)4-8)10-5-13(17)14(18)6-11(10)15/h2-6,19H,7H2,1H3. The first-order valence-corrected chi connectivity index (χ1v) is 5.98. The summed E-state index contributed by atoms with van der Waals surface area (Å²) >= 11 is 5.82. The summed E-state index contributed by atoms with van der Waals surface area (Å²) in [7, 11) is 1.75. The van der Waals surface area contributed by atoms with Gasteiger partial charge < -0.3 is 5.32 Å². The van der Waals surface area contributed by atoms with Crippen molar-refractivity contribution >= 4 is 11.6 Å². The minimum absolute atomic E-state index is 0.0285. The Morgan fingerprint density at radius 3 is 2.26 bits per heavy atom. The summed E-state index contributed by atoms with van der Waals surface area (Å²) in [6.45, 7) is 0.517. The number of halogens is 4. The monoisotopic (exact) mass is 285 g/mol. The van der Waals surface area contributed by atoms with Gasteiger partial charge >= 0.3 is 0 Å². The lowest BCUT2D eigenvalue weighted by molar-refractivity contribution is 0.509. The van der Waals surface area contributed by atoms with Crippen LogP contribution < -0.4 is 5.32 Å². The molecule has 0 spiro atoms. The second-order valence-corrected chi connectivity index (χ2v) is 4.50. The van der Waals surface area contributed by atoms with Crippen LogP contribution in [0.1, 0.15) is 5.56 Å². The van der Waals surface area contributed by atoms with Crippen LogP contribution in [0.5, 0.6) is 0 Å². The molecule has 100 valence electrons. The molecule has 2 aromatic carbocycles. The Bertz CT molecular complexity index is 614. The van der Waals surface area contributed by atoms with Crippen molar-refractivity contribution in [3.8, 4) is 11.1 Å². The van der Waals surface area contributed by atoms with Gasteiger partial charge in [0.15, 0.2) is 11.6 Å². The lowest BCUT2D eigenvalue weighted by atomic mass is 10.0. The van der Waals surface area contributed by atoms with Crippen molar-refractivity contribution in [2.45, 2.75) is 6.54 Å². The molecule has 0 saturated carbocycles. The summed E-state index contributed by atoms with van der Waals surface area (Å²) in [4.78, 5) is 0. The molecule has 0 saturated heterocycles. The van der Waals surface area contributed by atoms with Crippen molar-refractivity contribution in [3.63, 3.8) is 0 Å². The number of nitrogens with one attached hydrogen (secondary N) is 1. The molecule has 0 fully saturated rings. The molecular weight excluding hydrogens is 275 g/mol. The fraction of sp³-hybridized carbons (Fsp3) is 0.143. The first-order chi connectivity index (χ1) is 9.02. The van der Waals surface area contributed by atoms with Crippen LogP contribution in [0.2, 0.25) is 5.02 Å². The average Bonchev–Trinajstić information content (AvgIpc) is 2.35. The van der Waals surface area contributed by atoms with E-state index in [1.807, 2.05) is 0 Å². The molecule has 1 N–H and O–H groups in total. The van der Waals surface area contributed by atoms with Gasteiger partial charge in [0.2, 0.25) is 0 Å². The molecule has 0 radical (unpaired) electrons. The van der Waals surface area contributed by atoms with Crippen LogP contribution in [0.25, 0.3) is 11.1 Å². The highest BCUT2D eigenvalue weighted by atomic mass is 35.5. The topological polar surface area (TPSA) is 12.0 Å². The quantitative estimate of drug-likeness (QED) is 0.836. The third kappa shape index (κ3) is 2.91. The summed E-state index contributed by atoms with van der Waals surface area (Å²) in [5.74, 6) is -2.64. The molecule has 0 unspecified atom stereocenters. The fourth-order valence-electron chi connectivity index (χ4n) is 1.82. The van der Waals surface area contributed by atoms with Crippen LogP contribution in [0.3, 0.4) is 0 Å². The molecule has 2 aromatic rings. The van der Waals surface area contributed by atoms with E-state index in [9.17, 15) is 13.2 Å². The molecule has 0 heterocycles. The van der Waals surface area contributed by atoms with E-state index in [0.717, 1.165) is 17.7 Å². The zero-order chi connectivity index (χ0) is 14.0. The van der Waals surface area contributed by atoms with E-state index >= 15 is 0 Å². The van der Waals surface area contributed by atoms with Gasteiger partial charge in [-0.2, -0.15) is 0 Å². The zero-order valence-corrected chi connectivity index (χ0v) is 10.9. The first kappa shape index (κ1) is 13.9. The molecule has 2 rings (SSSR count). The minimum atomic E-state index is -1.06. The maximum atomic E-state index is 14.0. The molecule has 0 atom stereocenters. The highest BCUT2D eigenvalue weighted by molar-refractivity contribution is 6.33. The van der Waals surface area contributed by atoms with Gasteiger partial charge in [-0.15, -0.1) is 0 Å². The van der Waals surface area contributed by atoms with Crippen LogP contribution in [0, 0.1) is 17.5 Å². The molecule has 0 aromatic heterocycles. The molecule has 0 aliphatic heterocycles. The molecule has 19 heavy (non-hydrogen) atoms. The molecule has 1 nitrogen and oxygen atoms in total. The van der Waals surface area contributed by atoms with Crippen LogP contribution >= 0.6 is 11.6 Å². The van der Waals surface area contributed by atoms with Crippen molar-refractivity contribution in [2.24, 2.45) is 0 Å². The van der Waals surface area contributed by atoms with Crippen molar-refractivity contribution in [1.82, 2.24) is 5.32 Å². The maximum Gasteiger partial charge on any atom is 0.160 e. The summed E-state index contributed by atoms with van der Waals surface area (Å²) < 4.78 is 40.2. The van der Waals surface area contributed by atoms with Gasteiger partial charge in [-0.1, -0.05) is 23.7 Å². The molecule has 5 heteroatoms. The predicted molar refractivity (Wildman–Crippen MR) is 69.5 cm³/mol. The number of hydrogen-bond acceptors (Lipinski definition) is 1. The normalized spacial score (nSPS) is 10.8. The smallest absolute Gasteiger partial charge is 0.160 e. The van der Waals surface area contributed by atoms with Gasteiger partial charge in [0.05, 0.1) is 5.02 Å². The highest BCUT2D eigenvalue weighted by Gasteiger charge is 2.13. The third-order valence-electron chi connectivity index (χ3n) is 2.71. The van der Waals surface area contributed by atoms with Gasteiger partial charge in [0.1, 0.15) is 5.82 Å². The molecule has 0 aliphatic carbocycles. The summed E-state index contributed by atoms with van der Waals surface area (Å²) in [6.07, 6.45) is 0. The Hall–Kier alpha value is -1.52. The second-order valence-electron chi connectivity index (χ2n) is 4.09. The molecule has 0 aliphatic rings. The minimum Gasteiger partial charge on any atom is -0.316 e. The van der Waals surface area contributed by atoms with Crippen LogP contribution in [0.4, 0.5) is 13.2 Å². The average molecular weight is 286 g/mol. The van der Waals surface area contributed by atoms with Crippen LogP contribution in [0.15, 0.2) is 30.3 Å². The molecule has 0 bridgehead atoms. The van der Waals surface area contributed by atoms with Gasteiger partial charge in [0, 0.05) is 17.7 Å². The zero-order valence-electron chi connectivity index (χ0n) is 10.1. The summed E-state index contributed by atoms with van der Waals surface area (Å²) in [5, 5.41) is 2.87. The number of rotatable bonds is 3. The van der Waals surface area contributed by atoms with E-state index < -0.39 is 17.5 Å². The second kappa shape index (κ2) is 5.63. The van der Waals surface area contributed by atoms with E-state index in [4.69, 9.17) is 11.6 Å². The van der Waals surface area contributed by atoms with Gasteiger partial charge in [-0.05, 0) is 30.8 Å². The van der Waals surface area contributed by atoms with E-state index in [2.05, 4.69) is 5.32 Å². The Balaban J connectivity index is 2.50. The number of benzene rings is 2. The van der Waals surface area contributed by atoms with E-state index in [-0.39, 0.29) is 16.1 Å². The fourth-order valence-corrected chi connectivity index (χ4v) is 2.07. The van der Waals surface area contributed by atoms with E-state index in [0.29, 0.717) is 6.54 Å². The number of hydrogen-bond donors (Lipinski definition) is 1. The van der Waals surface area contributed by atoms with Gasteiger partial charge in [-0.25, -0.2) is 13.2 Å². The van der Waals surface area contributed by atoms with E-state index in [1.165, 1.54) is 12.1 Å². The third-order valence-corrected chi connectivity index (χ3v) is 3.03. The van der Waals surface area contributed by atoms with Crippen molar-refractivity contribution < 1.29 is 13.2 Å². The van der Waals surface area contributed by atoms with E-state index in [1.54, 1.807) is 13.1 Å². The lowest BCUT2D eigenvalue weighted by Crippen LogP contribution is -2.05. The van der Waals surface area contributed by atoms with Gasteiger partial charge in [-0.3, -0.25) is 0 Å². The molecular formula is C14H11ClF3N. The lowest BCUT2D eigenvalue weighted by Gasteiger charge is -2.09. The van der Waals surface area contributed by atoms with Crippen LogP contribution in [-0.2, 0) is 6.54 Å². The van der Waals surface area contributed by atoms with Crippen molar-refractivity contribution in [2.75, 3.05) is 7.05 Å². The maximum absolute atomic E-state index is 14.0. The largest absolute Gasteiger partial charge is 0.316 e. The SMILES string of the molecule is CNCc1ccc(-c2cc(F)c(F)cc2Cl)c(F)c1. The Morgan fingerprint density at radius 1 is 0.947 bits per heavy atom. The van der Waals surface area contributed by atoms with Gasteiger partial charge in [0.25, 0.3) is 0 Å². The summed E-state index contributed by atoms with van der Waals surface area (Å²) in [6, 6.07) is 6.28. The van der Waals surface area contributed by atoms with Crippen molar-refractivity contribution in [3.05, 3.63) is 58.4 Å². The summed E-state index contributed by atoms with van der Waals surface area (Å²) in [5.41, 5.74) is 1.03. The Kier molecular flexibility index (Phi) is 4.12. The highest BCUT2D eigenvalue weighted by Crippen LogP contribution is 2.32. The first-order valence-electron chi connectivity index (χ1n) is 5.61.